The van der Waals surface area contributed by atoms with E-state index >= 15 is 0 Å². The van der Waals surface area contributed by atoms with Gasteiger partial charge in [-0.05, 0) is 20.8 Å². The number of esters is 2. The fourth-order valence-electron chi connectivity index (χ4n) is 2.21. The largest absolute Gasteiger partial charge is 0.478 e. The van der Waals surface area contributed by atoms with E-state index in [-0.39, 0.29) is 31.9 Å². The van der Waals surface area contributed by atoms with E-state index in [0.717, 1.165) is 6.26 Å². The molecule has 186 valence electrons. The fraction of sp³-hybridized carbons (Fsp3) is 0.833. The van der Waals surface area contributed by atoms with Gasteiger partial charge in [0.25, 0.3) is 0 Å². The van der Waals surface area contributed by atoms with Crippen molar-refractivity contribution >= 4 is 35.5 Å². The second kappa shape index (κ2) is 11.1. The summed E-state index contributed by atoms with van der Waals surface area (Å²) in [6.07, 6.45) is -0.411. The number of amides is 1. The number of carbonyl (C=O) groups excluding carboxylic acids is 3. The topological polar surface area (TPSA) is 161 Å². The normalized spacial score (nSPS) is 23.2. The number of rotatable bonds is 10. The highest BCUT2D eigenvalue weighted by atomic mass is 32.2. The Hall–Kier alpha value is -1.53. The SMILES string of the molecule is CC(C)(C)C(=O)OCOP1(=O)OCC(C)(C)[C@H](C(=O)NCCC(=O)OCCS(C)(=O)=O)O1. The number of carbonyl (C=O) groups is 3. The third kappa shape index (κ3) is 9.95. The predicted molar refractivity (Wildman–Crippen MR) is 112 cm³/mol. The monoisotopic (exact) mass is 501 g/mol. The van der Waals surface area contributed by atoms with Gasteiger partial charge in [0, 0.05) is 18.2 Å². The highest BCUT2D eigenvalue weighted by molar-refractivity contribution is 7.90. The molecule has 1 saturated heterocycles. The van der Waals surface area contributed by atoms with Crippen LogP contribution in [0.5, 0.6) is 0 Å². The summed E-state index contributed by atoms with van der Waals surface area (Å²) in [6.45, 7) is 7.01. The zero-order chi connectivity index (χ0) is 24.8. The van der Waals surface area contributed by atoms with Gasteiger partial charge in [0.1, 0.15) is 6.61 Å². The number of phosphoric acid groups is 1. The van der Waals surface area contributed by atoms with Crippen molar-refractivity contribution < 1.29 is 50.4 Å². The van der Waals surface area contributed by atoms with Crippen molar-refractivity contribution in [3.05, 3.63) is 0 Å². The molecule has 0 aromatic carbocycles. The second-order valence-corrected chi connectivity index (χ2v) is 12.9. The molecule has 1 heterocycles. The van der Waals surface area contributed by atoms with Crippen LogP contribution in [0.1, 0.15) is 41.0 Å². The van der Waals surface area contributed by atoms with Crippen LogP contribution in [0.3, 0.4) is 0 Å². The second-order valence-electron chi connectivity index (χ2n) is 9.01. The lowest BCUT2D eigenvalue weighted by Crippen LogP contribution is -2.50. The average Bonchev–Trinajstić information content (AvgIpc) is 2.62. The third-order valence-corrected chi connectivity index (χ3v) is 6.38. The zero-order valence-electron chi connectivity index (χ0n) is 19.2. The summed E-state index contributed by atoms with van der Waals surface area (Å²) in [6, 6.07) is 0. The number of hydrogen-bond donors (Lipinski definition) is 1. The molecule has 1 amide bonds. The first kappa shape index (κ1) is 28.5. The van der Waals surface area contributed by atoms with Gasteiger partial charge in [-0.1, -0.05) is 13.8 Å². The van der Waals surface area contributed by atoms with Crippen LogP contribution < -0.4 is 5.32 Å². The van der Waals surface area contributed by atoms with Crippen LogP contribution >= 0.6 is 7.82 Å². The number of nitrogens with one attached hydrogen (secondary N) is 1. The molecule has 0 aromatic heterocycles. The molecule has 32 heavy (non-hydrogen) atoms. The minimum atomic E-state index is -4.18. The zero-order valence-corrected chi connectivity index (χ0v) is 20.9. The molecule has 0 aromatic rings. The Bertz CT molecular complexity index is 847. The molecule has 12 nitrogen and oxygen atoms in total. The molecule has 0 bridgehead atoms. The Balaban J connectivity index is 2.55. The van der Waals surface area contributed by atoms with Gasteiger partial charge >= 0.3 is 19.8 Å². The predicted octanol–water partition coefficient (Wildman–Crippen LogP) is 1.19. The van der Waals surface area contributed by atoms with Crippen molar-refractivity contribution in [3.8, 4) is 0 Å². The Morgan fingerprint density at radius 2 is 1.81 bits per heavy atom. The van der Waals surface area contributed by atoms with Gasteiger partial charge in [-0.25, -0.2) is 17.5 Å². The van der Waals surface area contributed by atoms with Crippen molar-refractivity contribution in [1.82, 2.24) is 5.32 Å². The van der Waals surface area contributed by atoms with Gasteiger partial charge in [-0.3, -0.25) is 23.4 Å². The molecular weight excluding hydrogens is 469 g/mol. The summed E-state index contributed by atoms with van der Waals surface area (Å²) >= 11 is 0. The summed E-state index contributed by atoms with van der Waals surface area (Å²) in [5.74, 6) is -2.22. The van der Waals surface area contributed by atoms with Gasteiger partial charge < -0.3 is 14.8 Å². The molecule has 14 heteroatoms. The van der Waals surface area contributed by atoms with Crippen LogP contribution in [-0.2, 0) is 51.8 Å². The van der Waals surface area contributed by atoms with Gasteiger partial charge in [0.15, 0.2) is 15.9 Å². The van der Waals surface area contributed by atoms with E-state index in [9.17, 15) is 27.4 Å². The Kier molecular flexibility index (Phi) is 9.85. The van der Waals surface area contributed by atoms with Crippen LogP contribution in [-0.4, -0.2) is 70.9 Å². The smallest absolute Gasteiger partial charge is 0.465 e. The van der Waals surface area contributed by atoms with Crippen LogP contribution in [0.2, 0.25) is 0 Å². The minimum Gasteiger partial charge on any atom is -0.465 e. The van der Waals surface area contributed by atoms with E-state index in [1.54, 1.807) is 34.6 Å². The fourth-order valence-corrected chi connectivity index (χ4v) is 4.11. The summed E-state index contributed by atoms with van der Waals surface area (Å²) in [5, 5.41) is 2.48. The molecule has 0 radical (unpaired) electrons. The third-order valence-electron chi connectivity index (χ3n) is 4.14. The lowest BCUT2D eigenvalue weighted by Gasteiger charge is -2.39. The Labute approximate surface area is 188 Å². The summed E-state index contributed by atoms with van der Waals surface area (Å²) < 4.78 is 59.8. The molecular formula is C18H32NO11PS. The van der Waals surface area contributed by atoms with Gasteiger partial charge in [0.2, 0.25) is 12.7 Å². The van der Waals surface area contributed by atoms with Crippen molar-refractivity contribution in [1.29, 1.82) is 0 Å². The highest BCUT2D eigenvalue weighted by Gasteiger charge is 2.49. The molecule has 1 aliphatic heterocycles. The number of hydrogen-bond acceptors (Lipinski definition) is 11. The van der Waals surface area contributed by atoms with Gasteiger partial charge in [-0.2, -0.15) is 0 Å². The maximum absolute atomic E-state index is 12.7. The van der Waals surface area contributed by atoms with E-state index in [1.165, 1.54) is 0 Å². The molecule has 0 spiro atoms. The minimum absolute atomic E-state index is 0.109. The van der Waals surface area contributed by atoms with E-state index in [1.807, 2.05) is 0 Å². The van der Waals surface area contributed by atoms with Crippen molar-refractivity contribution in [2.75, 3.05) is 38.6 Å². The summed E-state index contributed by atoms with van der Waals surface area (Å²) in [5.41, 5.74) is -1.66. The van der Waals surface area contributed by atoms with Crippen molar-refractivity contribution in [2.45, 2.75) is 47.1 Å². The maximum atomic E-state index is 12.7. The molecule has 1 N–H and O–H groups in total. The lowest BCUT2D eigenvalue weighted by atomic mass is 9.87. The molecule has 1 rings (SSSR count). The number of phosphoric ester groups is 1. The lowest BCUT2D eigenvalue weighted by molar-refractivity contribution is -0.163. The summed E-state index contributed by atoms with van der Waals surface area (Å²) in [4.78, 5) is 36.0. The average molecular weight is 501 g/mol. The van der Waals surface area contributed by atoms with E-state index < -0.39 is 59.2 Å². The van der Waals surface area contributed by atoms with Crippen molar-refractivity contribution in [3.63, 3.8) is 0 Å². The Morgan fingerprint density at radius 3 is 2.38 bits per heavy atom. The van der Waals surface area contributed by atoms with Gasteiger partial charge in [0.05, 0.1) is 24.2 Å². The first-order valence-corrected chi connectivity index (χ1v) is 13.3. The first-order valence-electron chi connectivity index (χ1n) is 9.81. The molecule has 1 fully saturated rings. The maximum Gasteiger partial charge on any atom is 0.478 e. The van der Waals surface area contributed by atoms with Crippen LogP contribution in [0.4, 0.5) is 0 Å². The highest BCUT2D eigenvalue weighted by Crippen LogP contribution is 2.57. The summed E-state index contributed by atoms with van der Waals surface area (Å²) in [7, 11) is -7.43. The molecule has 0 aliphatic carbocycles. The van der Waals surface area contributed by atoms with E-state index in [2.05, 4.69) is 5.32 Å². The molecule has 0 saturated carbocycles. The van der Waals surface area contributed by atoms with E-state index in [4.69, 9.17) is 23.0 Å². The van der Waals surface area contributed by atoms with Gasteiger partial charge in [-0.15, -0.1) is 0 Å². The molecule has 2 atom stereocenters. The first-order chi connectivity index (χ1) is 14.5. The van der Waals surface area contributed by atoms with E-state index in [0.29, 0.717) is 0 Å². The van der Waals surface area contributed by atoms with Crippen LogP contribution in [0.15, 0.2) is 0 Å². The standard InChI is InChI=1S/C18H32NO11PS/c1-17(2,3)16(22)27-12-29-31(23)28-11-18(4,5)14(30-31)15(21)19-8-7-13(20)26-9-10-32(6,24)25/h14H,7-12H2,1-6H3,(H,19,21)/t14-,31?/m0/s1. The molecule has 1 aliphatic rings. The number of ether oxygens (including phenoxy) is 2. The van der Waals surface area contributed by atoms with Crippen LogP contribution in [0, 0.1) is 10.8 Å². The Morgan fingerprint density at radius 1 is 1.19 bits per heavy atom. The quantitative estimate of drug-likeness (QED) is 0.260. The van der Waals surface area contributed by atoms with Crippen LogP contribution in [0.25, 0.3) is 0 Å². The number of sulfone groups is 1. The molecule has 1 unspecified atom stereocenters. The van der Waals surface area contributed by atoms with Crippen molar-refractivity contribution in [2.24, 2.45) is 10.8 Å².